The van der Waals surface area contributed by atoms with Gasteiger partial charge in [0.15, 0.2) is 0 Å². The monoisotopic (exact) mass is 422 g/mol. The third-order valence-corrected chi connectivity index (χ3v) is 4.61. The van der Waals surface area contributed by atoms with Crippen molar-refractivity contribution >= 4 is 16.8 Å². The molecule has 3 heterocycles. The summed E-state index contributed by atoms with van der Waals surface area (Å²) in [5, 5.41) is 11.6. The van der Waals surface area contributed by atoms with Gasteiger partial charge in [-0.3, -0.25) is 19.3 Å². The van der Waals surface area contributed by atoms with E-state index in [1.54, 1.807) is 18.5 Å². The Morgan fingerprint density at radius 2 is 1.90 bits per heavy atom. The van der Waals surface area contributed by atoms with Gasteiger partial charge >= 0.3 is 6.18 Å². The zero-order chi connectivity index (χ0) is 22.2. The van der Waals surface area contributed by atoms with Crippen LogP contribution < -0.4 is 10.9 Å². The number of nitrogens with zero attached hydrogens (tertiary/aromatic N) is 5. The quantitative estimate of drug-likeness (QED) is 0.682. The lowest BCUT2D eigenvalue weighted by Gasteiger charge is -2.15. The molecule has 0 aliphatic heterocycles. The average Bonchev–Trinajstić information content (AvgIpc) is 3.01. The van der Waals surface area contributed by atoms with E-state index in [1.807, 2.05) is 13.8 Å². The highest BCUT2D eigenvalue weighted by atomic mass is 19.4. The molecule has 0 aliphatic rings. The second-order valence-corrected chi connectivity index (χ2v) is 7.25. The van der Waals surface area contributed by atoms with Gasteiger partial charge in [0.2, 0.25) is 5.91 Å². The van der Waals surface area contributed by atoms with Crippen molar-refractivity contribution in [1.82, 2.24) is 29.9 Å². The van der Waals surface area contributed by atoms with E-state index in [-0.39, 0.29) is 18.3 Å². The summed E-state index contributed by atoms with van der Waals surface area (Å²) in [6, 6.07) is 1.40. The maximum atomic E-state index is 12.8. The molecule has 160 valence electrons. The van der Waals surface area contributed by atoms with Crippen LogP contribution in [-0.2, 0) is 17.5 Å². The lowest BCUT2D eigenvalue weighted by molar-refractivity contribution is -0.137. The van der Waals surface area contributed by atoms with Gasteiger partial charge in [0.1, 0.15) is 12.1 Å². The van der Waals surface area contributed by atoms with Crippen LogP contribution in [0.5, 0.6) is 0 Å². The van der Waals surface area contributed by atoms with Gasteiger partial charge in [-0.25, -0.2) is 4.68 Å². The van der Waals surface area contributed by atoms with Gasteiger partial charge in [-0.1, -0.05) is 0 Å². The van der Waals surface area contributed by atoms with E-state index in [0.717, 1.165) is 10.7 Å². The van der Waals surface area contributed by atoms with Crippen molar-refractivity contribution in [3.05, 3.63) is 51.8 Å². The second-order valence-electron chi connectivity index (χ2n) is 7.25. The number of halogens is 3. The molecule has 3 aromatic heterocycles. The third-order valence-electron chi connectivity index (χ3n) is 4.61. The first-order chi connectivity index (χ1) is 14.0. The molecular formula is C19H21F3N6O2. The number of pyridine rings is 1. The molecule has 1 N–H and O–H groups in total. The molecule has 8 nitrogen and oxygen atoms in total. The average molecular weight is 422 g/mol. The Morgan fingerprint density at radius 3 is 2.47 bits per heavy atom. The maximum absolute atomic E-state index is 12.8. The number of carbonyl (C=O) groups excluding carboxylic acids is 1. The van der Waals surface area contributed by atoms with Crippen LogP contribution >= 0.6 is 0 Å². The molecule has 0 aliphatic carbocycles. The molecule has 1 unspecified atom stereocenters. The molecule has 0 bridgehead atoms. The van der Waals surface area contributed by atoms with Crippen LogP contribution in [0.2, 0.25) is 0 Å². The minimum atomic E-state index is -4.48. The van der Waals surface area contributed by atoms with Crippen molar-refractivity contribution in [2.24, 2.45) is 0 Å². The molecule has 3 aromatic rings. The third kappa shape index (κ3) is 4.19. The molecule has 30 heavy (non-hydrogen) atoms. The van der Waals surface area contributed by atoms with Crippen LogP contribution in [-0.4, -0.2) is 30.5 Å². The fraction of sp³-hybridized carbons (Fsp3) is 0.421. The summed E-state index contributed by atoms with van der Waals surface area (Å²) in [6.45, 7) is 6.80. The van der Waals surface area contributed by atoms with E-state index in [1.165, 1.54) is 12.3 Å². The number of aromatic nitrogens is 5. The number of rotatable bonds is 5. The standard InChI is InChI=1S/C19H21F3N6O2/c1-10(2)28-17-14(11(3)26-28)8-24-27(18(17)30)9-16(29)25-12(4)15-6-5-13(7-23-15)19(20,21)22/h5-8,10,12H,9H2,1-4H3,(H,25,29). The van der Waals surface area contributed by atoms with Crippen LogP contribution in [0.1, 0.15) is 49.8 Å². The molecule has 0 saturated heterocycles. The fourth-order valence-corrected chi connectivity index (χ4v) is 3.04. The summed E-state index contributed by atoms with van der Waals surface area (Å²) in [6.07, 6.45) is -2.27. The predicted octanol–water partition coefficient (Wildman–Crippen LogP) is 2.77. The molecule has 11 heteroatoms. The minimum Gasteiger partial charge on any atom is -0.346 e. The van der Waals surface area contributed by atoms with Gasteiger partial charge in [0, 0.05) is 17.6 Å². The van der Waals surface area contributed by atoms with Crippen molar-refractivity contribution in [3.8, 4) is 0 Å². The Bertz CT molecular complexity index is 1130. The van der Waals surface area contributed by atoms with Crippen molar-refractivity contribution in [2.45, 2.75) is 52.5 Å². The Morgan fingerprint density at radius 1 is 1.20 bits per heavy atom. The molecule has 1 atom stereocenters. The second kappa shape index (κ2) is 7.88. The Labute approximate surface area is 169 Å². The summed E-state index contributed by atoms with van der Waals surface area (Å²) < 4.78 is 40.6. The first-order valence-electron chi connectivity index (χ1n) is 9.26. The van der Waals surface area contributed by atoms with E-state index in [4.69, 9.17) is 0 Å². The number of alkyl halides is 3. The van der Waals surface area contributed by atoms with Gasteiger partial charge in [0.25, 0.3) is 5.56 Å². The Hall–Kier alpha value is -3.24. The molecule has 3 rings (SSSR count). The van der Waals surface area contributed by atoms with Crippen LogP contribution in [0.15, 0.2) is 29.3 Å². The van der Waals surface area contributed by atoms with Gasteiger partial charge in [-0.15, -0.1) is 0 Å². The highest BCUT2D eigenvalue weighted by molar-refractivity contribution is 5.81. The highest BCUT2D eigenvalue weighted by Crippen LogP contribution is 2.28. The zero-order valence-electron chi connectivity index (χ0n) is 16.9. The van der Waals surface area contributed by atoms with Crippen LogP contribution in [0.4, 0.5) is 13.2 Å². The van der Waals surface area contributed by atoms with Crippen molar-refractivity contribution in [1.29, 1.82) is 0 Å². The SMILES string of the molecule is Cc1nn(C(C)C)c2c(=O)n(CC(=O)NC(C)c3ccc(C(F)(F)F)cn3)ncc12. The lowest BCUT2D eigenvalue weighted by Crippen LogP contribution is -2.35. The van der Waals surface area contributed by atoms with E-state index < -0.39 is 29.2 Å². The summed E-state index contributed by atoms with van der Waals surface area (Å²) in [5.41, 5.74) is -0.0200. The number of amides is 1. The molecule has 0 radical (unpaired) electrons. The first kappa shape index (κ1) is 21.5. The summed E-state index contributed by atoms with van der Waals surface area (Å²) in [4.78, 5) is 29.0. The molecular weight excluding hydrogens is 401 g/mol. The summed E-state index contributed by atoms with van der Waals surface area (Å²) in [5.74, 6) is -0.523. The van der Waals surface area contributed by atoms with E-state index in [0.29, 0.717) is 22.8 Å². The fourth-order valence-electron chi connectivity index (χ4n) is 3.04. The number of aryl methyl sites for hydroxylation is 1. The van der Waals surface area contributed by atoms with Gasteiger partial charge < -0.3 is 5.32 Å². The smallest absolute Gasteiger partial charge is 0.346 e. The van der Waals surface area contributed by atoms with Crippen LogP contribution in [0.25, 0.3) is 10.9 Å². The van der Waals surface area contributed by atoms with Crippen molar-refractivity contribution < 1.29 is 18.0 Å². The van der Waals surface area contributed by atoms with Gasteiger partial charge in [-0.2, -0.15) is 23.4 Å². The summed E-state index contributed by atoms with van der Waals surface area (Å²) >= 11 is 0. The molecule has 0 saturated carbocycles. The maximum Gasteiger partial charge on any atom is 0.417 e. The zero-order valence-corrected chi connectivity index (χ0v) is 16.9. The van der Waals surface area contributed by atoms with E-state index in [2.05, 4.69) is 20.5 Å². The van der Waals surface area contributed by atoms with Crippen molar-refractivity contribution in [2.75, 3.05) is 0 Å². The van der Waals surface area contributed by atoms with E-state index >= 15 is 0 Å². The normalized spacial score (nSPS) is 13.1. The van der Waals surface area contributed by atoms with Crippen molar-refractivity contribution in [3.63, 3.8) is 0 Å². The highest BCUT2D eigenvalue weighted by Gasteiger charge is 2.31. The largest absolute Gasteiger partial charge is 0.417 e. The number of nitrogens with one attached hydrogen (secondary N) is 1. The number of carbonyl (C=O) groups is 1. The molecule has 1 amide bonds. The number of hydrogen-bond acceptors (Lipinski definition) is 5. The Kier molecular flexibility index (Phi) is 5.64. The summed E-state index contributed by atoms with van der Waals surface area (Å²) in [7, 11) is 0. The van der Waals surface area contributed by atoms with Crippen LogP contribution in [0.3, 0.4) is 0 Å². The van der Waals surface area contributed by atoms with E-state index in [9.17, 15) is 22.8 Å². The molecule has 0 aromatic carbocycles. The molecule has 0 spiro atoms. The first-order valence-corrected chi connectivity index (χ1v) is 9.26. The molecule has 0 fully saturated rings. The Balaban J connectivity index is 1.77. The van der Waals surface area contributed by atoms with Crippen LogP contribution in [0, 0.1) is 6.92 Å². The van der Waals surface area contributed by atoms with Gasteiger partial charge in [0.05, 0.1) is 29.2 Å². The topological polar surface area (TPSA) is 94.7 Å². The van der Waals surface area contributed by atoms with Gasteiger partial charge in [-0.05, 0) is 39.8 Å². The lowest BCUT2D eigenvalue weighted by atomic mass is 10.2. The number of fused-ring (bicyclic) bond motifs is 1. The minimum absolute atomic E-state index is 0.0515. The predicted molar refractivity (Wildman–Crippen MR) is 103 cm³/mol. The number of hydrogen-bond donors (Lipinski definition) is 1.